The van der Waals surface area contributed by atoms with Gasteiger partial charge < -0.3 is 14.7 Å². The summed E-state index contributed by atoms with van der Waals surface area (Å²) >= 11 is 1.73. The van der Waals surface area contributed by atoms with Crippen molar-refractivity contribution in [2.24, 2.45) is 5.92 Å². The van der Waals surface area contributed by atoms with Gasteiger partial charge in [-0.3, -0.25) is 9.69 Å². The molecule has 3 fully saturated rings. The van der Waals surface area contributed by atoms with E-state index in [-0.39, 0.29) is 5.92 Å². The van der Waals surface area contributed by atoms with Gasteiger partial charge in [0.25, 0.3) is 0 Å². The van der Waals surface area contributed by atoms with Crippen molar-refractivity contribution in [3.8, 4) is 0 Å². The van der Waals surface area contributed by atoms with Crippen molar-refractivity contribution in [2.75, 3.05) is 64.3 Å². The van der Waals surface area contributed by atoms with Gasteiger partial charge in [0.05, 0.1) is 5.92 Å². The molecule has 0 aromatic carbocycles. The Labute approximate surface area is 160 Å². The van der Waals surface area contributed by atoms with Crippen LogP contribution >= 0.6 is 11.3 Å². The minimum atomic E-state index is 0.212. The number of likely N-dealkylation sites (tertiary alicyclic amines) is 1. The molecule has 1 aromatic rings. The summed E-state index contributed by atoms with van der Waals surface area (Å²) in [7, 11) is 2.14. The van der Waals surface area contributed by atoms with Crippen molar-refractivity contribution in [1.29, 1.82) is 0 Å². The van der Waals surface area contributed by atoms with E-state index in [9.17, 15) is 4.79 Å². The Hall–Kier alpha value is -1.18. The van der Waals surface area contributed by atoms with Gasteiger partial charge in [0.1, 0.15) is 0 Å². The van der Waals surface area contributed by atoms with Crippen molar-refractivity contribution in [1.82, 2.24) is 19.7 Å². The number of amides is 1. The van der Waals surface area contributed by atoms with Crippen LogP contribution in [0.3, 0.4) is 0 Å². The number of anilines is 1. The number of hydrogen-bond donors (Lipinski definition) is 0. The van der Waals surface area contributed by atoms with E-state index in [2.05, 4.69) is 37.0 Å². The predicted molar refractivity (Wildman–Crippen MR) is 106 cm³/mol. The number of carbonyl (C=O) groups excluding carboxylic acids is 1. The lowest BCUT2D eigenvalue weighted by atomic mass is 9.92. The number of hydrogen-bond acceptors (Lipinski definition) is 6. The van der Waals surface area contributed by atoms with Crippen molar-refractivity contribution < 1.29 is 4.79 Å². The first-order valence-electron chi connectivity index (χ1n) is 10.1. The molecular weight excluding hydrogens is 346 g/mol. The first-order valence-corrected chi connectivity index (χ1v) is 10.9. The van der Waals surface area contributed by atoms with E-state index >= 15 is 0 Å². The fourth-order valence-corrected chi connectivity index (χ4v) is 5.32. The lowest BCUT2D eigenvalue weighted by Gasteiger charge is -2.43. The van der Waals surface area contributed by atoms with Gasteiger partial charge in [-0.15, -0.1) is 11.3 Å². The predicted octanol–water partition coefficient (Wildman–Crippen LogP) is 1.60. The summed E-state index contributed by atoms with van der Waals surface area (Å²) in [6.07, 6.45) is 6.51. The summed E-state index contributed by atoms with van der Waals surface area (Å²) in [5.41, 5.74) is 0. The van der Waals surface area contributed by atoms with E-state index in [1.54, 1.807) is 11.3 Å². The number of aromatic nitrogens is 1. The Bertz CT molecular complexity index is 579. The maximum absolute atomic E-state index is 13.0. The monoisotopic (exact) mass is 377 g/mol. The average molecular weight is 378 g/mol. The highest BCUT2D eigenvalue weighted by Crippen LogP contribution is 2.28. The Balaban J connectivity index is 1.29. The summed E-state index contributed by atoms with van der Waals surface area (Å²) in [5.74, 6) is 0.618. The third-order valence-corrected chi connectivity index (χ3v) is 7.12. The zero-order valence-electron chi connectivity index (χ0n) is 15.8. The van der Waals surface area contributed by atoms with E-state index in [4.69, 9.17) is 0 Å². The highest BCUT2D eigenvalue weighted by Gasteiger charge is 2.34. The van der Waals surface area contributed by atoms with Gasteiger partial charge in [0.2, 0.25) is 5.91 Å². The Kier molecular flexibility index (Phi) is 5.76. The summed E-state index contributed by atoms with van der Waals surface area (Å²) in [4.78, 5) is 26.9. The fourth-order valence-electron chi connectivity index (χ4n) is 4.62. The van der Waals surface area contributed by atoms with Crippen LogP contribution in [0.2, 0.25) is 0 Å². The quantitative estimate of drug-likeness (QED) is 0.800. The lowest BCUT2D eigenvalue weighted by molar-refractivity contribution is -0.139. The number of piperazine rings is 1. The second kappa shape index (κ2) is 8.23. The number of thiazole rings is 1. The zero-order chi connectivity index (χ0) is 17.9. The van der Waals surface area contributed by atoms with Gasteiger partial charge in [-0.05, 0) is 39.3 Å². The maximum atomic E-state index is 13.0. The number of rotatable bonds is 3. The first-order chi connectivity index (χ1) is 12.7. The van der Waals surface area contributed by atoms with Gasteiger partial charge in [-0.25, -0.2) is 4.98 Å². The molecule has 4 heterocycles. The second-order valence-electron chi connectivity index (χ2n) is 8.00. The van der Waals surface area contributed by atoms with Crippen molar-refractivity contribution in [3.63, 3.8) is 0 Å². The number of likely N-dealkylation sites (N-methyl/N-ethyl adjacent to an activating group) is 1. The van der Waals surface area contributed by atoms with Crippen LogP contribution in [0.15, 0.2) is 11.6 Å². The molecule has 144 valence electrons. The van der Waals surface area contributed by atoms with Crippen LogP contribution in [0.4, 0.5) is 5.13 Å². The normalized spacial score (nSPS) is 27.0. The van der Waals surface area contributed by atoms with E-state index in [0.29, 0.717) is 11.9 Å². The Morgan fingerprint density at radius 1 is 1.08 bits per heavy atom. The van der Waals surface area contributed by atoms with Crippen LogP contribution in [0.25, 0.3) is 0 Å². The summed E-state index contributed by atoms with van der Waals surface area (Å²) in [5, 5.41) is 3.21. The van der Waals surface area contributed by atoms with Crippen LogP contribution in [0, 0.1) is 5.92 Å². The molecule has 4 rings (SSSR count). The molecule has 0 bridgehead atoms. The first kappa shape index (κ1) is 18.2. The molecule has 0 radical (unpaired) electrons. The molecular formula is C19H31N5OS. The minimum absolute atomic E-state index is 0.212. The van der Waals surface area contributed by atoms with Crippen molar-refractivity contribution >= 4 is 22.4 Å². The van der Waals surface area contributed by atoms with E-state index in [0.717, 1.165) is 70.3 Å². The van der Waals surface area contributed by atoms with Gasteiger partial charge in [-0.2, -0.15) is 0 Å². The number of nitrogens with zero attached hydrogens (tertiary/aromatic N) is 5. The molecule has 6 nitrogen and oxygen atoms in total. The molecule has 1 unspecified atom stereocenters. The number of piperidine rings is 2. The van der Waals surface area contributed by atoms with Crippen molar-refractivity contribution in [2.45, 2.75) is 31.7 Å². The maximum Gasteiger partial charge on any atom is 0.227 e. The van der Waals surface area contributed by atoms with Crippen LogP contribution in [-0.2, 0) is 4.79 Å². The highest BCUT2D eigenvalue weighted by molar-refractivity contribution is 7.13. The smallest absolute Gasteiger partial charge is 0.227 e. The third-order valence-electron chi connectivity index (χ3n) is 6.29. The summed E-state index contributed by atoms with van der Waals surface area (Å²) < 4.78 is 0. The SMILES string of the molecule is CN1CCN(C(=O)C2CCCN(C3CCN(c4nccs4)CC3)C2)CC1. The average Bonchev–Trinajstić information content (AvgIpc) is 3.23. The van der Waals surface area contributed by atoms with E-state index < -0.39 is 0 Å². The van der Waals surface area contributed by atoms with Crippen LogP contribution in [-0.4, -0.2) is 91.0 Å². The van der Waals surface area contributed by atoms with Crippen LogP contribution < -0.4 is 4.90 Å². The number of carbonyl (C=O) groups is 1. The molecule has 7 heteroatoms. The highest BCUT2D eigenvalue weighted by atomic mass is 32.1. The standard InChI is InChI=1S/C19H31N5OS/c1-21-10-12-22(13-11-21)18(25)16-3-2-7-24(15-16)17-4-8-23(9-5-17)19-20-6-14-26-19/h6,14,16-17H,2-5,7-13,15H2,1H3. The van der Waals surface area contributed by atoms with Gasteiger partial charge in [0.15, 0.2) is 5.13 Å². The second-order valence-corrected chi connectivity index (χ2v) is 8.87. The molecule has 3 aliphatic heterocycles. The van der Waals surface area contributed by atoms with Crippen LogP contribution in [0.1, 0.15) is 25.7 Å². The largest absolute Gasteiger partial charge is 0.348 e. The summed E-state index contributed by atoms with van der Waals surface area (Å²) in [6, 6.07) is 0.634. The molecule has 0 N–H and O–H groups in total. The van der Waals surface area contributed by atoms with Crippen molar-refractivity contribution in [3.05, 3.63) is 11.6 Å². The summed E-state index contributed by atoms with van der Waals surface area (Å²) in [6.45, 7) is 8.13. The molecule has 26 heavy (non-hydrogen) atoms. The zero-order valence-corrected chi connectivity index (χ0v) is 16.7. The van der Waals surface area contributed by atoms with Gasteiger partial charge >= 0.3 is 0 Å². The van der Waals surface area contributed by atoms with Gasteiger partial charge in [0, 0.05) is 63.4 Å². The molecule has 3 saturated heterocycles. The van der Waals surface area contributed by atoms with E-state index in [1.807, 2.05) is 6.20 Å². The molecule has 1 atom stereocenters. The molecule has 0 saturated carbocycles. The molecule has 1 aromatic heterocycles. The Morgan fingerprint density at radius 3 is 2.54 bits per heavy atom. The van der Waals surface area contributed by atoms with E-state index in [1.165, 1.54) is 12.8 Å². The lowest BCUT2D eigenvalue weighted by Crippen LogP contribution is -2.54. The molecule has 1 amide bonds. The van der Waals surface area contributed by atoms with Crippen LogP contribution in [0.5, 0.6) is 0 Å². The third kappa shape index (κ3) is 4.05. The minimum Gasteiger partial charge on any atom is -0.348 e. The topological polar surface area (TPSA) is 42.9 Å². The fraction of sp³-hybridized carbons (Fsp3) is 0.789. The molecule has 0 aliphatic carbocycles. The van der Waals surface area contributed by atoms with Gasteiger partial charge in [-0.1, -0.05) is 0 Å². The molecule has 3 aliphatic rings. The Morgan fingerprint density at radius 2 is 1.85 bits per heavy atom. The molecule has 0 spiro atoms.